The van der Waals surface area contributed by atoms with E-state index in [1.54, 1.807) is 0 Å². The molecule has 0 unspecified atom stereocenters. The molecule has 4 aliphatic rings. The number of esters is 1. The van der Waals surface area contributed by atoms with Crippen LogP contribution in [-0.2, 0) is 14.3 Å². The summed E-state index contributed by atoms with van der Waals surface area (Å²) in [7, 11) is 0. The minimum Gasteiger partial charge on any atom is -0.463 e. The molecule has 0 spiro atoms. The number of hydrogen-bond acceptors (Lipinski definition) is 3. The molecule has 0 saturated heterocycles. The Morgan fingerprint density at radius 1 is 1.04 bits per heavy atom. The van der Waals surface area contributed by atoms with Gasteiger partial charge in [-0.25, -0.2) is 0 Å². The summed E-state index contributed by atoms with van der Waals surface area (Å²) in [5, 5.41) is 0. The molecule has 0 heterocycles. The molecule has 0 bridgehead atoms. The Labute approximate surface area is 158 Å². The van der Waals surface area contributed by atoms with E-state index < -0.39 is 0 Å². The summed E-state index contributed by atoms with van der Waals surface area (Å²) in [6.07, 6.45) is 10.5. The van der Waals surface area contributed by atoms with Gasteiger partial charge in [-0.05, 0) is 86.4 Å². The van der Waals surface area contributed by atoms with Crippen molar-refractivity contribution in [3.05, 3.63) is 0 Å². The lowest BCUT2D eigenvalue weighted by Gasteiger charge is -2.60. The summed E-state index contributed by atoms with van der Waals surface area (Å²) >= 11 is 0. The fourth-order valence-electron chi connectivity index (χ4n) is 8.20. The highest BCUT2D eigenvalue weighted by Crippen LogP contribution is 2.67. The van der Waals surface area contributed by atoms with Crippen molar-refractivity contribution in [3.63, 3.8) is 0 Å². The molecular formula is C23H36O3. The minimum atomic E-state index is -0.141. The number of carbonyl (C=O) groups is 2. The molecule has 0 aliphatic heterocycles. The molecule has 4 rings (SSSR count). The standard InChI is InChI=1S/C23H36O3/c1-14(26-15(2)24)19-7-8-20-18-6-5-16-13-17(25)9-11-22(16,3)21(18)10-12-23(19,20)4/h14,16,18-21H,5-13H2,1-4H3/t14-,16+,18+,19+,20-,21-,22+,23-/m1/s1. The summed E-state index contributed by atoms with van der Waals surface area (Å²) in [6, 6.07) is 0. The van der Waals surface area contributed by atoms with Gasteiger partial charge in [-0.15, -0.1) is 0 Å². The van der Waals surface area contributed by atoms with Crippen LogP contribution in [0.5, 0.6) is 0 Å². The van der Waals surface area contributed by atoms with Crippen LogP contribution in [0.3, 0.4) is 0 Å². The summed E-state index contributed by atoms with van der Waals surface area (Å²) in [5.41, 5.74) is 0.710. The molecule has 3 heteroatoms. The molecule has 0 radical (unpaired) electrons. The maximum Gasteiger partial charge on any atom is 0.302 e. The first-order chi connectivity index (χ1) is 12.3. The van der Waals surface area contributed by atoms with E-state index in [1.807, 2.05) is 0 Å². The van der Waals surface area contributed by atoms with Crippen LogP contribution in [-0.4, -0.2) is 17.9 Å². The zero-order chi connectivity index (χ0) is 18.7. The second-order valence-corrected chi connectivity index (χ2v) is 10.4. The van der Waals surface area contributed by atoms with E-state index in [0.29, 0.717) is 28.4 Å². The predicted octanol–water partition coefficient (Wildman–Crippen LogP) is 5.17. The zero-order valence-corrected chi connectivity index (χ0v) is 17.1. The van der Waals surface area contributed by atoms with Crippen molar-refractivity contribution in [1.29, 1.82) is 0 Å². The Kier molecular flexibility index (Phi) is 4.51. The molecule has 8 atom stereocenters. The molecule has 26 heavy (non-hydrogen) atoms. The van der Waals surface area contributed by atoms with Gasteiger partial charge >= 0.3 is 5.97 Å². The molecule has 0 aromatic heterocycles. The molecular weight excluding hydrogens is 324 g/mol. The van der Waals surface area contributed by atoms with Gasteiger partial charge in [0.15, 0.2) is 0 Å². The summed E-state index contributed by atoms with van der Waals surface area (Å²) in [6.45, 7) is 8.65. The van der Waals surface area contributed by atoms with E-state index in [4.69, 9.17) is 4.74 Å². The lowest BCUT2D eigenvalue weighted by Crippen LogP contribution is -2.54. The third-order valence-corrected chi connectivity index (χ3v) is 9.47. The van der Waals surface area contributed by atoms with Crippen molar-refractivity contribution in [2.24, 2.45) is 40.4 Å². The predicted molar refractivity (Wildman–Crippen MR) is 101 cm³/mol. The second-order valence-electron chi connectivity index (χ2n) is 10.4. The van der Waals surface area contributed by atoms with E-state index >= 15 is 0 Å². The van der Waals surface area contributed by atoms with E-state index in [-0.39, 0.29) is 12.1 Å². The minimum absolute atomic E-state index is 0.0401. The number of carbonyl (C=O) groups excluding carboxylic acids is 2. The summed E-state index contributed by atoms with van der Waals surface area (Å²) in [4.78, 5) is 23.5. The quantitative estimate of drug-likeness (QED) is 0.638. The number of fused-ring (bicyclic) bond motifs is 5. The van der Waals surface area contributed by atoms with Crippen LogP contribution in [0, 0.1) is 40.4 Å². The lowest BCUT2D eigenvalue weighted by molar-refractivity contribution is -0.156. The highest BCUT2D eigenvalue weighted by Gasteiger charge is 2.61. The van der Waals surface area contributed by atoms with Crippen molar-refractivity contribution >= 4 is 11.8 Å². The van der Waals surface area contributed by atoms with Crippen molar-refractivity contribution in [2.45, 2.75) is 91.6 Å². The van der Waals surface area contributed by atoms with Crippen LogP contribution < -0.4 is 0 Å². The van der Waals surface area contributed by atoms with Gasteiger partial charge in [-0.1, -0.05) is 13.8 Å². The van der Waals surface area contributed by atoms with Crippen LogP contribution >= 0.6 is 0 Å². The van der Waals surface area contributed by atoms with Crippen LogP contribution in [0.25, 0.3) is 0 Å². The van der Waals surface area contributed by atoms with Gasteiger partial charge in [0.1, 0.15) is 11.9 Å². The van der Waals surface area contributed by atoms with Gasteiger partial charge < -0.3 is 4.74 Å². The molecule has 4 saturated carbocycles. The Bertz CT molecular complexity index is 598. The number of rotatable bonds is 2. The molecule has 4 aliphatic carbocycles. The molecule has 0 aromatic carbocycles. The zero-order valence-electron chi connectivity index (χ0n) is 17.1. The van der Waals surface area contributed by atoms with Crippen molar-refractivity contribution in [1.82, 2.24) is 0 Å². The third-order valence-electron chi connectivity index (χ3n) is 9.47. The largest absolute Gasteiger partial charge is 0.463 e. The molecule has 0 N–H and O–H groups in total. The van der Waals surface area contributed by atoms with E-state index in [1.165, 1.54) is 45.4 Å². The Hall–Kier alpha value is -0.860. The van der Waals surface area contributed by atoms with Gasteiger partial charge in [-0.3, -0.25) is 9.59 Å². The molecule has 146 valence electrons. The van der Waals surface area contributed by atoms with Crippen LogP contribution in [0.4, 0.5) is 0 Å². The SMILES string of the molecule is CC(=O)O[C@H](C)[C@@H]1CC[C@@H]2[C@@H]3CC[C@H]4CC(=O)CC[C@]4(C)[C@@H]3CC[C@@]21C. The molecule has 0 aromatic rings. The Morgan fingerprint density at radius 3 is 2.50 bits per heavy atom. The maximum atomic E-state index is 12.0. The highest BCUT2D eigenvalue weighted by molar-refractivity contribution is 5.79. The van der Waals surface area contributed by atoms with Crippen molar-refractivity contribution < 1.29 is 14.3 Å². The lowest BCUT2D eigenvalue weighted by atomic mass is 9.44. The number of hydrogen-bond donors (Lipinski definition) is 0. The van der Waals surface area contributed by atoms with Gasteiger partial charge in [0.05, 0.1) is 0 Å². The number of Topliss-reactive ketones (excluding diaryl/α,β-unsaturated/α-hetero) is 1. The second kappa shape index (κ2) is 6.34. The number of ketones is 1. The maximum absolute atomic E-state index is 12.0. The van der Waals surface area contributed by atoms with Crippen LogP contribution in [0.15, 0.2) is 0 Å². The highest BCUT2D eigenvalue weighted by atomic mass is 16.5. The topological polar surface area (TPSA) is 43.4 Å². The van der Waals surface area contributed by atoms with E-state index in [9.17, 15) is 9.59 Å². The average Bonchev–Trinajstić information content (AvgIpc) is 2.92. The van der Waals surface area contributed by atoms with Crippen molar-refractivity contribution in [2.75, 3.05) is 0 Å². The molecule has 4 fully saturated rings. The third kappa shape index (κ3) is 2.67. The Morgan fingerprint density at radius 2 is 1.77 bits per heavy atom. The summed E-state index contributed by atoms with van der Waals surface area (Å²) in [5.74, 6) is 3.90. The normalized spacial score (nSPS) is 48.9. The molecule has 0 amide bonds. The van der Waals surface area contributed by atoms with Crippen LogP contribution in [0.1, 0.15) is 85.5 Å². The Balaban J connectivity index is 1.56. The smallest absolute Gasteiger partial charge is 0.302 e. The van der Waals surface area contributed by atoms with Crippen molar-refractivity contribution in [3.8, 4) is 0 Å². The van der Waals surface area contributed by atoms with Gasteiger partial charge in [0, 0.05) is 25.7 Å². The van der Waals surface area contributed by atoms with E-state index in [0.717, 1.165) is 37.0 Å². The molecule has 3 nitrogen and oxygen atoms in total. The van der Waals surface area contributed by atoms with Crippen LogP contribution in [0.2, 0.25) is 0 Å². The number of ether oxygens (including phenoxy) is 1. The first-order valence-corrected chi connectivity index (χ1v) is 10.9. The van der Waals surface area contributed by atoms with E-state index in [2.05, 4.69) is 20.8 Å². The average molecular weight is 361 g/mol. The monoisotopic (exact) mass is 360 g/mol. The van der Waals surface area contributed by atoms with Gasteiger partial charge in [-0.2, -0.15) is 0 Å². The van der Waals surface area contributed by atoms with Gasteiger partial charge in [0.25, 0.3) is 0 Å². The fourth-order valence-corrected chi connectivity index (χ4v) is 8.20. The van der Waals surface area contributed by atoms with Gasteiger partial charge in [0.2, 0.25) is 0 Å². The fraction of sp³-hybridized carbons (Fsp3) is 0.913. The first kappa shape index (κ1) is 18.5. The first-order valence-electron chi connectivity index (χ1n) is 10.9. The summed E-state index contributed by atoms with van der Waals surface area (Å²) < 4.78 is 5.63.